The van der Waals surface area contributed by atoms with Crippen LogP contribution in [0.5, 0.6) is 0 Å². The number of benzene rings is 1. The fraction of sp³-hybridized carbons (Fsp3) is 0.286. The zero-order valence-corrected chi connectivity index (χ0v) is 11.6. The molecule has 2 rings (SSSR count). The normalized spacial score (nSPS) is 12.7. The molecule has 1 atom stereocenters. The van der Waals surface area contributed by atoms with E-state index in [1.807, 2.05) is 24.3 Å². The zero-order valence-electron chi connectivity index (χ0n) is 10.0. The van der Waals surface area contributed by atoms with Crippen LogP contribution in [0.3, 0.4) is 0 Å². The van der Waals surface area contributed by atoms with Crippen LogP contribution in [0, 0.1) is 6.92 Å². The van der Waals surface area contributed by atoms with Crippen LogP contribution in [-0.2, 0) is 6.42 Å². The molecular formula is C14H16BrNO. The molecule has 0 aliphatic heterocycles. The van der Waals surface area contributed by atoms with Crippen LogP contribution in [0.25, 0.3) is 0 Å². The number of furan rings is 1. The molecule has 17 heavy (non-hydrogen) atoms. The first-order valence-corrected chi connectivity index (χ1v) is 6.51. The predicted molar refractivity (Wildman–Crippen MR) is 73.0 cm³/mol. The fourth-order valence-electron chi connectivity index (χ4n) is 1.89. The Balaban J connectivity index is 2.33. The minimum Gasteiger partial charge on any atom is -0.464 e. The van der Waals surface area contributed by atoms with Crippen molar-refractivity contribution >= 4 is 15.9 Å². The SMILES string of the molecule is CCc1ccc(C(N)c2ccc(Br)cc2C)o1. The Morgan fingerprint density at radius 3 is 2.65 bits per heavy atom. The highest BCUT2D eigenvalue weighted by atomic mass is 79.9. The van der Waals surface area contributed by atoms with Gasteiger partial charge in [-0.05, 0) is 42.3 Å². The summed E-state index contributed by atoms with van der Waals surface area (Å²) in [5.41, 5.74) is 8.50. The summed E-state index contributed by atoms with van der Waals surface area (Å²) in [6, 6.07) is 9.88. The molecule has 0 fully saturated rings. The molecule has 0 amide bonds. The van der Waals surface area contributed by atoms with Crippen molar-refractivity contribution in [3.05, 3.63) is 57.5 Å². The third-order valence-corrected chi connectivity index (χ3v) is 3.40. The van der Waals surface area contributed by atoms with Gasteiger partial charge in [-0.1, -0.05) is 28.9 Å². The van der Waals surface area contributed by atoms with Gasteiger partial charge in [0, 0.05) is 10.9 Å². The minimum atomic E-state index is -0.191. The molecule has 0 aliphatic carbocycles. The zero-order chi connectivity index (χ0) is 12.4. The van der Waals surface area contributed by atoms with Gasteiger partial charge in [-0.2, -0.15) is 0 Å². The molecule has 2 nitrogen and oxygen atoms in total. The highest BCUT2D eigenvalue weighted by molar-refractivity contribution is 9.10. The number of halogens is 1. The Kier molecular flexibility index (Phi) is 3.69. The van der Waals surface area contributed by atoms with Crippen LogP contribution in [0.2, 0.25) is 0 Å². The maximum Gasteiger partial charge on any atom is 0.125 e. The molecule has 1 aromatic carbocycles. The number of nitrogens with two attached hydrogens (primary N) is 1. The lowest BCUT2D eigenvalue weighted by Crippen LogP contribution is -2.12. The lowest BCUT2D eigenvalue weighted by atomic mass is 10.0. The Labute approximate surface area is 110 Å². The molecule has 0 saturated carbocycles. The Morgan fingerprint density at radius 1 is 1.29 bits per heavy atom. The number of aryl methyl sites for hydroxylation is 2. The number of hydrogen-bond acceptors (Lipinski definition) is 2. The topological polar surface area (TPSA) is 39.2 Å². The summed E-state index contributed by atoms with van der Waals surface area (Å²) < 4.78 is 6.77. The molecule has 2 aromatic rings. The number of rotatable bonds is 3. The van der Waals surface area contributed by atoms with Gasteiger partial charge in [0.2, 0.25) is 0 Å². The first-order valence-electron chi connectivity index (χ1n) is 5.72. The fourth-order valence-corrected chi connectivity index (χ4v) is 2.37. The third-order valence-electron chi connectivity index (χ3n) is 2.90. The Morgan fingerprint density at radius 2 is 2.06 bits per heavy atom. The van der Waals surface area contributed by atoms with Crippen molar-refractivity contribution in [2.75, 3.05) is 0 Å². The van der Waals surface area contributed by atoms with Crippen LogP contribution in [-0.4, -0.2) is 0 Å². The van der Waals surface area contributed by atoms with Gasteiger partial charge in [-0.25, -0.2) is 0 Å². The predicted octanol–water partition coefficient (Wildman–Crippen LogP) is 3.96. The summed E-state index contributed by atoms with van der Waals surface area (Å²) >= 11 is 3.45. The van der Waals surface area contributed by atoms with Gasteiger partial charge in [0.05, 0.1) is 6.04 Å². The van der Waals surface area contributed by atoms with E-state index in [1.54, 1.807) is 0 Å². The lowest BCUT2D eigenvalue weighted by molar-refractivity contribution is 0.453. The summed E-state index contributed by atoms with van der Waals surface area (Å²) in [6.45, 7) is 4.13. The Bertz CT molecular complexity index is 519. The largest absolute Gasteiger partial charge is 0.464 e. The van der Waals surface area contributed by atoms with Gasteiger partial charge >= 0.3 is 0 Å². The smallest absolute Gasteiger partial charge is 0.125 e. The lowest BCUT2D eigenvalue weighted by Gasteiger charge is -2.12. The standard InChI is InChI=1S/C14H16BrNO/c1-3-11-5-7-13(17-11)14(16)12-6-4-10(15)8-9(12)2/h4-8,14H,3,16H2,1-2H3. The van der Waals surface area contributed by atoms with E-state index in [4.69, 9.17) is 10.2 Å². The highest BCUT2D eigenvalue weighted by Crippen LogP contribution is 2.26. The monoisotopic (exact) mass is 293 g/mol. The highest BCUT2D eigenvalue weighted by Gasteiger charge is 2.15. The average Bonchev–Trinajstić information content (AvgIpc) is 2.76. The van der Waals surface area contributed by atoms with Crippen molar-refractivity contribution in [3.63, 3.8) is 0 Å². The summed E-state index contributed by atoms with van der Waals surface area (Å²) in [5.74, 6) is 1.80. The van der Waals surface area contributed by atoms with Crippen molar-refractivity contribution < 1.29 is 4.42 Å². The third kappa shape index (κ3) is 2.61. The first-order chi connectivity index (χ1) is 8.11. The maximum atomic E-state index is 6.23. The van der Waals surface area contributed by atoms with Crippen LogP contribution >= 0.6 is 15.9 Å². The van der Waals surface area contributed by atoms with E-state index in [1.165, 1.54) is 5.56 Å². The molecule has 3 heteroatoms. The van der Waals surface area contributed by atoms with Crippen molar-refractivity contribution in [3.8, 4) is 0 Å². The summed E-state index contributed by atoms with van der Waals surface area (Å²) in [7, 11) is 0. The van der Waals surface area contributed by atoms with E-state index in [0.717, 1.165) is 28.0 Å². The maximum absolute atomic E-state index is 6.23. The summed E-state index contributed by atoms with van der Waals surface area (Å²) in [4.78, 5) is 0. The molecule has 90 valence electrons. The summed E-state index contributed by atoms with van der Waals surface area (Å²) in [5, 5.41) is 0. The second kappa shape index (κ2) is 5.07. The molecule has 1 heterocycles. The molecule has 2 N–H and O–H groups in total. The quantitative estimate of drug-likeness (QED) is 0.930. The number of hydrogen-bond donors (Lipinski definition) is 1. The second-order valence-electron chi connectivity index (χ2n) is 4.14. The van der Waals surface area contributed by atoms with Crippen LogP contribution in [0.1, 0.15) is 35.6 Å². The van der Waals surface area contributed by atoms with Gasteiger partial charge in [0.1, 0.15) is 11.5 Å². The van der Waals surface area contributed by atoms with Gasteiger partial charge in [0.15, 0.2) is 0 Å². The minimum absolute atomic E-state index is 0.191. The van der Waals surface area contributed by atoms with Gasteiger partial charge < -0.3 is 10.2 Å². The van der Waals surface area contributed by atoms with Crippen LogP contribution in [0.15, 0.2) is 39.2 Å². The van der Waals surface area contributed by atoms with E-state index in [-0.39, 0.29) is 6.04 Å². The molecule has 1 unspecified atom stereocenters. The van der Waals surface area contributed by atoms with Crippen molar-refractivity contribution in [2.45, 2.75) is 26.3 Å². The second-order valence-corrected chi connectivity index (χ2v) is 5.05. The van der Waals surface area contributed by atoms with Gasteiger partial charge in [0.25, 0.3) is 0 Å². The first kappa shape index (κ1) is 12.4. The van der Waals surface area contributed by atoms with E-state index < -0.39 is 0 Å². The van der Waals surface area contributed by atoms with E-state index in [9.17, 15) is 0 Å². The molecule has 0 aliphatic rings. The van der Waals surface area contributed by atoms with Crippen molar-refractivity contribution in [1.29, 1.82) is 0 Å². The Hall–Kier alpha value is -1.06. The molecule has 0 bridgehead atoms. The summed E-state index contributed by atoms with van der Waals surface area (Å²) in [6.07, 6.45) is 0.895. The van der Waals surface area contributed by atoms with E-state index >= 15 is 0 Å². The molecule has 0 radical (unpaired) electrons. The van der Waals surface area contributed by atoms with E-state index in [0.29, 0.717) is 0 Å². The van der Waals surface area contributed by atoms with Crippen LogP contribution in [0.4, 0.5) is 0 Å². The van der Waals surface area contributed by atoms with Gasteiger partial charge in [-0.15, -0.1) is 0 Å². The molecule has 0 saturated heterocycles. The average molecular weight is 294 g/mol. The van der Waals surface area contributed by atoms with E-state index in [2.05, 4.69) is 35.8 Å². The molecule has 1 aromatic heterocycles. The van der Waals surface area contributed by atoms with Crippen molar-refractivity contribution in [2.24, 2.45) is 5.73 Å². The van der Waals surface area contributed by atoms with Gasteiger partial charge in [-0.3, -0.25) is 0 Å². The molecular weight excluding hydrogens is 278 g/mol. The van der Waals surface area contributed by atoms with Crippen molar-refractivity contribution in [1.82, 2.24) is 0 Å². The van der Waals surface area contributed by atoms with Crippen LogP contribution < -0.4 is 5.73 Å². The molecule has 0 spiro atoms.